The van der Waals surface area contributed by atoms with Crippen molar-refractivity contribution in [1.29, 1.82) is 0 Å². The van der Waals surface area contributed by atoms with Crippen molar-refractivity contribution in [3.8, 4) is 11.3 Å². The fraction of sp³-hybridized carbons (Fsp3) is 0.0952. The van der Waals surface area contributed by atoms with Crippen LogP contribution in [0, 0.1) is 6.92 Å². The molecule has 0 fully saturated rings. The van der Waals surface area contributed by atoms with Crippen molar-refractivity contribution in [2.75, 3.05) is 0 Å². The molecule has 0 amide bonds. The van der Waals surface area contributed by atoms with Gasteiger partial charge in [-0.05, 0) is 36.4 Å². The van der Waals surface area contributed by atoms with E-state index in [0.717, 1.165) is 12.1 Å². The van der Waals surface area contributed by atoms with Gasteiger partial charge >= 0.3 is 0 Å². The molecule has 0 aliphatic rings. The summed E-state index contributed by atoms with van der Waals surface area (Å²) in [6.07, 6.45) is 8.72. The summed E-state index contributed by atoms with van der Waals surface area (Å²) in [5.41, 5.74) is 4.77. The minimum atomic E-state index is 0.921. The van der Waals surface area contributed by atoms with Gasteiger partial charge in [0.15, 0.2) is 0 Å². The SMILES string of the molecule is C=C/C=C\Cc1ccc2c(-c3cccc(C)c3)nccc2c1. The van der Waals surface area contributed by atoms with Crippen LogP contribution in [0.15, 0.2) is 79.5 Å². The van der Waals surface area contributed by atoms with Crippen LogP contribution in [0.25, 0.3) is 22.0 Å². The van der Waals surface area contributed by atoms with E-state index in [1.54, 1.807) is 6.08 Å². The highest BCUT2D eigenvalue weighted by Crippen LogP contribution is 2.27. The molecule has 0 saturated heterocycles. The Hall–Kier alpha value is -2.67. The van der Waals surface area contributed by atoms with E-state index in [0.29, 0.717) is 0 Å². The molecule has 0 N–H and O–H groups in total. The Balaban J connectivity index is 2.06. The normalized spacial score (nSPS) is 11.1. The standard InChI is InChI=1S/C21H19N/c1-3-4-5-8-17-10-11-20-18(15-17)12-13-22-21(20)19-9-6-7-16(2)14-19/h3-7,9-15H,1,8H2,2H3/b5-4-. The second-order valence-corrected chi connectivity index (χ2v) is 5.45. The lowest BCUT2D eigenvalue weighted by atomic mass is 10.00. The molecule has 3 aromatic rings. The molecule has 0 unspecified atom stereocenters. The first kappa shape index (κ1) is 14.3. The van der Waals surface area contributed by atoms with Gasteiger partial charge in [0, 0.05) is 17.1 Å². The van der Waals surface area contributed by atoms with Gasteiger partial charge < -0.3 is 0 Å². The maximum atomic E-state index is 4.60. The smallest absolute Gasteiger partial charge is 0.0780 e. The van der Waals surface area contributed by atoms with Crippen molar-refractivity contribution >= 4 is 10.8 Å². The number of pyridine rings is 1. The Bertz CT molecular complexity index is 843. The Morgan fingerprint density at radius 2 is 2.00 bits per heavy atom. The molecule has 3 rings (SSSR count). The van der Waals surface area contributed by atoms with Crippen LogP contribution < -0.4 is 0 Å². The minimum absolute atomic E-state index is 0.921. The fourth-order valence-corrected chi connectivity index (χ4v) is 2.68. The zero-order valence-electron chi connectivity index (χ0n) is 12.8. The average Bonchev–Trinajstić information content (AvgIpc) is 2.54. The molecule has 2 aromatic carbocycles. The highest BCUT2D eigenvalue weighted by atomic mass is 14.7. The maximum Gasteiger partial charge on any atom is 0.0780 e. The maximum absolute atomic E-state index is 4.60. The summed E-state index contributed by atoms with van der Waals surface area (Å²) in [5.74, 6) is 0. The van der Waals surface area contributed by atoms with Gasteiger partial charge in [-0.3, -0.25) is 4.98 Å². The molecule has 0 radical (unpaired) electrons. The highest BCUT2D eigenvalue weighted by molar-refractivity contribution is 5.94. The van der Waals surface area contributed by atoms with Gasteiger partial charge in [0.05, 0.1) is 5.69 Å². The molecule has 1 aromatic heterocycles. The van der Waals surface area contributed by atoms with Crippen molar-refractivity contribution in [2.24, 2.45) is 0 Å². The molecule has 0 saturated carbocycles. The first-order chi connectivity index (χ1) is 10.8. The van der Waals surface area contributed by atoms with Crippen LogP contribution in [0.2, 0.25) is 0 Å². The first-order valence-electron chi connectivity index (χ1n) is 7.50. The lowest BCUT2D eigenvalue weighted by molar-refractivity contribution is 1.28. The number of aryl methyl sites for hydroxylation is 1. The van der Waals surface area contributed by atoms with Gasteiger partial charge in [0.2, 0.25) is 0 Å². The molecule has 1 heterocycles. The number of hydrogen-bond donors (Lipinski definition) is 0. The minimum Gasteiger partial charge on any atom is -0.256 e. The van der Waals surface area contributed by atoms with E-state index >= 15 is 0 Å². The second kappa shape index (κ2) is 6.40. The summed E-state index contributed by atoms with van der Waals surface area (Å²) < 4.78 is 0. The predicted molar refractivity (Wildman–Crippen MR) is 95.0 cm³/mol. The summed E-state index contributed by atoms with van der Waals surface area (Å²) in [7, 11) is 0. The van der Waals surface area contributed by atoms with Crippen molar-refractivity contribution in [3.63, 3.8) is 0 Å². The molecule has 0 spiro atoms. The number of allylic oxidation sites excluding steroid dienone is 3. The molecule has 1 heteroatoms. The topological polar surface area (TPSA) is 12.9 Å². The molecule has 1 nitrogen and oxygen atoms in total. The monoisotopic (exact) mass is 285 g/mol. The summed E-state index contributed by atoms with van der Waals surface area (Å²) in [5, 5.41) is 2.43. The molecule has 0 aliphatic carbocycles. The first-order valence-corrected chi connectivity index (χ1v) is 7.50. The molecular weight excluding hydrogens is 266 g/mol. The van der Waals surface area contributed by atoms with E-state index in [2.05, 4.69) is 73.1 Å². The quantitative estimate of drug-likeness (QED) is 0.577. The average molecular weight is 285 g/mol. The third kappa shape index (κ3) is 2.99. The Morgan fingerprint density at radius 1 is 1.09 bits per heavy atom. The van der Waals surface area contributed by atoms with Crippen LogP contribution >= 0.6 is 0 Å². The van der Waals surface area contributed by atoms with Crippen LogP contribution in [-0.2, 0) is 6.42 Å². The van der Waals surface area contributed by atoms with Crippen molar-refractivity contribution in [3.05, 3.63) is 90.7 Å². The number of nitrogens with zero attached hydrogens (tertiary/aromatic N) is 1. The van der Waals surface area contributed by atoms with Crippen LogP contribution in [0.5, 0.6) is 0 Å². The number of rotatable bonds is 4. The Kier molecular flexibility index (Phi) is 4.15. The van der Waals surface area contributed by atoms with E-state index in [9.17, 15) is 0 Å². The van der Waals surface area contributed by atoms with Gasteiger partial charge in [-0.1, -0.05) is 66.8 Å². The largest absolute Gasteiger partial charge is 0.256 e. The molecule has 0 bridgehead atoms. The lowest BCUT2D eigenvalue weighted by Crippen LogP contribution is -1.88. The van der Waals surface area contributed by atoms with E-state index < -0.39 is 0 Å². The van der Waals surface area contributed by atoms with Crippen LogP contribution in [-0.4, -0.2) is 4.98 Å². The lowest BCUT2D eigenvalue weighted by Gasteiger charge is -2.08. The van der Waals surface area contributed by atoms with Crippen LogP contribution in [0.3, 0.4) is 0 Å². The molecular formula is C21H19N. The van der Waals surface area contributed by atoms with Crippen LogP contribution in [0.1, 0.15) is 11.1 Å². The predicted octanol–water partition coefficient (Wildman–Crippen LogP) is 5.49. The summed E-state index contributed by atoms with van der Waals surface area (Å²) in [6.45, 7) is 5.81. The zero-order chi connectivity index (χ0) is 15.4. The fourth-order valence-electron chi connectivity index (χ4n) is 2.68. The molecule has 0 atom stereocenters. The van der Waals surface area contributed by atoms with Gasteiger partial charge in [0.25, 0.3) is 0 Å². The highest BCUT2D eigenvalue weighted by Gasteiger charge is 2.06. The van der Waals surface area contributed by atoms with E-state index in [4.69, 9.17) is 0 Å². The number of aromatic nitrogens is 1. The van der Waals surface area contributed by atoms with Gasteiger partial charge in [-0.15, -0.1) is 0 Å². The third-order valence-corrected chi connectivity index (χ3v) is 3.75. The van der Waals surface area contributed by atoms with E-state index in [-0.39, 0.29) is 0 Å². The molecule has 0 aliphatic heterocycles. The van der Waals surface area contributed by atoms with Crippen molar-refractivity contribution in [1.82, 2.24) is 4.98 Å². The van der Waals surface area contributed by atoms with Crippen molar-refractivity contribution in [2.45, 2.75) is 13.3 Å². The third-order valence-electron chi connectivity index (χ3n) is 3.75. The van der Waals surface area contributed by atoms with Gasteiger partial charge in [-0.2, -0.15) is 0 Å². The number of benzene rings is 2. The number of fused-ring (bicyclic) bond motifs is 1. The zero-order valence-corrected chi connectivity index (χ0v) is 12.8. The second-order valence-electron chi connectivity index (χ2n) is 5.45. The van der Waals surface area contributed by atoms with E-state index in [1.807, 2.05) is 12.3 Å². The van der Waals surface area contributed by atoms with E-state index in [1.165, 1.54) is 27.5 Å². The summed E-state index contributed by atoms with van der Waals surface area (Å²) >= 11 is 0. The van der Waals surface area contributed by atoms with Gasteiger partial charge in [0.1, 0.15) is 0 Å². The van der Waals surface area contributed by atoms with Crippen molar-refractivity contribution < 1.29 is 0 Å². The summed E-state index contributed by atoms with van der Waals surface area (Å²) in [6, 6.07) is 17.2. The Labute approximate surface area is 131 Å². The molecule has 108 valence electrons. The van der Waals surface area contributed by atoms with Gasteiger partial charge in [-0.25, -0.2) is 0 Å². The van der Waals surface area contributed by atoms with Crippen LogP contribution in [0.4, 0.5) is 0 Å². The summed E-state index contributed by atoms with van der Waals surface area (Å²) in [4.78, 5) is 4.60. The molecule has 22 heavy (non-hydrogen) atoms. The number of hydrogen-bond acceptors (Lipinski definition) is 1. The Morgan fingerprint density at radius 3 is 2.82 bits per heavy atom.